The molecule has 1 saturated carbocycles. The number of nitrogens with one attached hydrogen (secondary N) is 1. The predicted molar refractivity (Wildman–Crippen MR) is 85.5 cm³/mol. The molecule has 0 radical (unpaired) electrons. The summed E-state index contributed by atoms with van der Waals surface area (Å²) in [6, 6.07) is 0. The summed E-state index contributed by atoms with van der Waals surface area (Å²) in [5, 5.41) is 2.99. The molecular formula is C17H30N2O3. The molecule has 0 aromatic carbocycles. The number of hydrogen-bond donors (Lipinski definition) is 1. The number of cyclic esters (lactones) is 1. The maximum absolute atomic E-state index is 12.1. The molecule has 1 heterocycles. The van der Waals surface area contributed by atoms with Gasteiger partial charge in [-0.2, -0.15) is 0 Å². The van der Waals surface area contributed by atoms with Crippen LogP contribution in [0.3, 0.4) is 0 Å². The first-order valence-electron chi connectivity index (χ1n) is 8.54. The van der Waals surface area contributed by atoms with Crippen LogP contribution in [0.15, 0.2) is 0 Å². The van der Waals surface area contributed by atoms with E-state index in [-0.39, 0.29) is 12.0 Å². The molecule has 5 nitrogen and oxygen atoms in total. The molecule has 2 fully saturated rings. The van der Waals surface area contributed by atoms with E-state index in [0.717, 1.165) is 19.3 Å². The summed E-state index contributed by atoms with van der Waals surface area (Å²) in [7, 11) is 0. The lowest BCUT2D eigenvalue weighted by atomic mass is 9.67. The highest BCUT2D eigenvalue weighted by Gasteiger charge is 2.32. The van der Waals surface area contributed by atoms with Gasteiger partial charge in [0.05, 0.1) is 6.54 Å². The molecule has 1 saturated heterocycles. The first-order chi connectivity index (χ1) is 10.4. The Bertz CT molecular complexity index is 409. The van der Waals surface area contributed by atoms with Gasteiger partial charge >= 0.3 is 6.09 Å². The summed E-state index contributed by atoms with van der Waals surface area (Å²) in [5.41, 5.74) is 0.360. The highest BCUT2D eigenvalue weighted by molar-refractivity contribution is 5.76. The van der Waals surface area contributed by atoms with E-state index in [2.05, 4.69) is 26.1 Å². The molecular weight excluding hydrogens is 280 g/mol. The van der Waals surface area contributed by atoms with E-state index >= 15 is 0 Å². The molecule has 0 bridgehead atoms. The number of hydrogen-bond acceptors (Lipinski definition) is 3. The molecule has 0 aromatic rings. The van der Waals surface area contributed by atoms with Crippen molar-refractivity contribution in [1.29, 1.82) is 0 Å². The summed E-state index contributed by atoms with van der Waals surface area (Å²) in [6.07, 6.45) is 4.76. The van der Waals surface area contributed by atoms with Crippen molar-refractivity contribution in [2.45, 2.75) is 52.9 Å². The Labute approximate surface area is 133 Å². The van der Waals surface area contributed by atoms with Gasteiger partial charge in [-0.3, -0.25) is 4.79 Å². The van der Waals surface area contributed by atoms with Crippen molar-refractivity contribution in [3.05, 3.63) is 0 Å². The maximum atomic E-state index is 12.1. The zero-order valence-corrected chi connectivity index (χ0v) is 14.2. The van der Waals surface area contributed by atoms with Gasteiger partial charge in [0.1, 0.15) is 6.61 Å². The van der Waals surface area contributed by atoms with Crippen molar-refractivity contribution in [3.8, 4) is 0 Å². The third-order valence-electron chi connectivity index (χ3n) is 4.72. The Hall–Kier alpha value is -1.26. The Balaban J connectivity index is 1.62. The monoisotopic (exact) mass is 310 g/mol. The van der Waals surface area contributed by atoms with E-state index in [0.29, 0.717) is 49.9 Å². The summed E-state index contributed by atoms with van der Waals surface area (Å²) >= 11 is 0. The maximum Gasteiger partial charge on any atom is 0.409 e. The smallest absolute Gasteiger partial charge is 0.409 e. The topological polar surface area (TPSA) is 58.6 Å². The van der Waals surface area contributed by atoms with Gasteiger partial charge in [0, 0.05) is 19.5 Å². The average Bonchev–Trinajstić information content (AvgIpc) is 2.77. The molecule has 126 valence electrons. The molecule has 1 aliphatic carbocycles. The Morgan fingerprint density at radius 1 is 1.41 bits per heavy atom. The summed E-state index contributed by atoms with van der Waals surface area (Å²) < 4.78 is 4.87. The van der Waals surface area contributed by atoms with Gasteiger partial charge in [-0.1, -0.05) is 20.8 Å². The third kappa shape index (κ3) is 5.18. The van der Waals surface area contributed by atoms with E-state index in [1.165, 1.54) is 6.42 Å². The molecule has 2 amide bonds. The normalized spacial score (nSPS) is 27.6. The highest BCUT2D eigenvalue weighted by Crippen LogP contribution is 2.42. The van der Waals surface area contributed by atoms with Crippen LogP contribution in [0.4, 0.5) is 4.79 Å². The van der Waals surface area contributed by atoms with E-state index in [1.54, 1.807) is 4.90 Å². The summed E-state index contributed by atoms with van der Waals surface area (Å²) in [6.45, 7) is 9.36. The van der Waals surface area contributed by atoms with Gasteiger partial charge in [-0.25, -0.2) is 4.79 Å². The predicted octanol–water partition coefficient (Wildman–Crippen LogP) is 2.80. The number of carbonyl (C=O) groups excluding carboxylic acids is 2. The van der Waals surface area contributed by atoms with Gasteiger partial charge in [0.25, 0.3) is 0 Å². The molecule has 2 unspecified atom stereocenters. The van der Waals surface area contributed by atoms with Crippen LogP contribution >= 0.6 is 0 Å². The van der Waals surface area contributed by atoms with Crippen molar-refractivity contribution in [1.82, 2.24) is 10.2 Å². The number of carbonyl (C=O) groups is 2. The number of ether oxygens (including phenoxy) is 1. The zero-order chi connectivity index (χ0) is 16.2. The Kier molecular flexibility index (Phi) is 5.70. The number of rotatable bonds is 6. The van der Waals surface area contributed by atoms with Crippen LogP contribution in [0.1, 0.15) is 52.9 Å². The van der Waals surface area contributed by atoms with E-state index in [9.17, 15) is 9.59 Å². The molecule has 2 aliphatic rings. The second-order valence-corrected chi connectivity index (χ2v) is 7.79. The lowest BCUT2D eigenvalue weighted by molar-refractivity contribution is -0.122. The molecule has 5 heteroatoms. The fourth-order valence-electron chi connectivity index (χ4n) is 4.16. The second-order valence-electron chi connectivity index (χ2n) is 7.79. The molecule has 2 atom stereocenters. The minimum atomic E-state index is -0.232. The van der Waals surface area contributed by atoms with Crippen LogP contribution in [0, 0.1) is 17.3 Å². The fourth-order valence-corrected chi connectivity index (χ4v) is 4.16. The van der Waals surface area contributed by atoms with Crippen molar-refractivity contribution >= 4 is 12.0 Å². The number of amides is 2. The lowest BCUT2D eigenvalue weighted by Crippen LogP contribution is -2.34. The van der Waals surface area contributed by atoms with Gasteiger partial charge in [-0.15, -0.1) is 0 Å². The SMILES string of the molecule is CC1CC(CC(=O)NCCCN2CCOC2=O)CC(C)(C)C1. The molecule has 2 rings (SSSR count). The van der Waals surface area contributed by atoms with Crippen molar-refractivity contribution in [2.24, 2.45) is 17.3 Å². The van der Waals surface area contributed by atoms with Crippen LogP contribution in [0.2, 0.25) is 0 Å². The minimum Gasteiger partial charge on any atom is -0.448 e. The summed E-state index contributed by atoms with van der Waals surface area (Å²) in [4.78, 5) is 25.0. The first kappa shape index (κ1) is 17.1. The van der Waals surface area contributed by atoms with Crippen LogP contribution in [-0.4, -0.2) is 43.1 Å². The molecule has 1 aliphatic heterocycles. The van der Waals surface area contributed by atoms with Crippen LogP contribution in [0.5, 0.6) is 0 Å². The standard InChI is InChI=1S/C17H30N2O3/c1-13-9-14(12-17(2,3)11-13)10-15(20)18-5-4-6-19-7-8-22-16(19)21/h13-14H,4-12H2,1-3H3,(H,18,20). The Morgan fingerprint density at radius 3 is 2.82 bits per heavy atom. The van der Waals surface area contributed by atoms with E-state index < -0.39 is 0 Å². The van der Waals surface area contributed by atoms with Crippen molar-refractivity contribution < 1.29 is 14.3 Å². The van der Waals surface area contributed by atoms with E-state index in [4.69, 9.17) is 4.74 Å². The van der Waals surface area contributed by atoms with Crippen LogP contribution in [-0.2, 0) is 9.53 Å². The highest BCUT2D eigenvalue weighted by atomic mass is 16.6. The van der Waals surface area contributed by atoms with Gasteiger partial charge in [-0.05, 0) is 42.9 Å². The molecule has 0 spiro atoms. The zero-order valence-electron chi connectivity index (χ0n) is 14.2. The molecule has 22 heavy (non-hydrogen) atoms. The first-order valence-corrected chi connectivity index (χ1v) is 8.54. The molecule has 1 N–H and O–H groups in total. The quantitative estimate of drug-likeness (QED) is 0.767. The second kappa shape index (κ2) is 7.34. The minimum absolute atomic E-state index is 0.152. The fraction of sp³-hybridized carbons (Fsp3) is 0.882. The Morgan fingerprint density at radius 2 is 2.18 bits per heavy atom. The number of nitrogens with zero attached hydrogens (tertiary/aromatic N) is 1. The van der Waals surface area contributed by atoms with Gasteiger partial charge in [0.2, 0.25) is 5.91 Å². The average molecular weight is 310 g/mol. The summed E-state index contributed by atoms with van der Waals surface area (Å²) in [5.74, 6) is 1.37. The largest absolute Gasteiger partial charge is 0.448 e. The molecule has 0 aromatic heterocycles. The van der Waals surface area contributed by atoms with Crippen molar-refractivity contribution in [3.63, 3.8) is 0 Å². The van der Waals surface area contributed by atoms with Crippen LogP contribution < -0.4 is 5.32 Å². The van der Waals surface area contributed by atoms with Crippen LogP contribution in [0.25, 0.3) is 0 Å². The lowest BCUT2D eigenvalue weighted by Gasteiger charge is -2.38. The van der Waals surface area contributed by atoms with E-state index in [1.807, 2.05) is 0 Å². The third-order valence-corrected chi connectivity index (χ3v) is 4.72. The van der Waals surface area contributed by atoms with Gasteiger partial charge in [0.15, 0.2) is 0 Å². The van der Waals surface area contributed by atoms with Crippen molar-refractivity contribution in [2.75, 3.05) is 26.2 Å². The van der Waals surface area contributed by atoms with Gasteiger partial charge < -0.3 is 15.0 Å².